The molecular weight excluding hydrogens is 547 g/mol. The number of nitrogens with one attached hydrogen (secondary N) is 2. The zero-order valence-electron chi connectivity index (χ0n) is 23.0. The molecule has 2 aromatic carbocycles. The summed E-state index contributed by atoms with van der Waals surface area (Å²) in [7, 11) is 3.92. The van der Waals surface area contributed by atoms with Gasteiger partial charge in [-0.05, 0) is 70.4 Å². The second kappa shape index (κ2) is 13.7. The van der Waals surface area contributed by atoms with Crippen LogP contribution in [0.3, 0.4) is 0 Å². The molecule has 0 aliphatic heterocycles. The van der Waals surface area contributed by atoms with Gasteiger partial charge in [0.1, 0.15) is 24.2 Å². The van der Waals surface area contributed by atoms with Gasteiger partial charge in [-0.3, -0.25) is 9.78 Å². The molecule has 0 atom stereocenters. The van der Waals surface area contributed by atoms with Gasteiger partial charge in [-0.25, -0.2) is 4.98 Å². The number of carbonyl (C=O) groups excluding carboxylic acids is 1. The predicted molar refractivity (Wildman–Crippen MR) is 157 cm³/mol. The number of benzene rings is 2. The maximum absolute atomic E-state index is 13.4. The molecule has 0 aliphatic rings. The lowest BCUT2D eigenvalue weighted by molar-refractivity contribution is -0.116. The number of rotatable bonds is 12. The monoisotopic (exact) mass is 576 g/mol. The number of amides is 1. The minimum atomic E-state index is -0.588. The van der Waals surface area contributed by atoms with Crippen LogP contribution in [0.1, 0.15) is 31.0 Å². The summed E-state index contributed by atoms with van der Waals surface area (Å²) in [6, 6.07) is 15.2. The Bertz CT molecular complexity index is 1590. The van der Waals surface area contributed by atoms with Gasteiger partial charge in [0, 0.05) is 29.8 Å². The van der Waals surface area contributed by atoms with Crippen LogP contribution in [0, 0.1) is 17.3 Å². The summed E-state index contributed by atoms with van der Waals surface area (Å²) in [6.07, 6.45) is 2.54. The predicted octanol–water partition coefficient (Wildman–Crippen LogP) is 6.30. The summed E-state index contributed by atoms with van der Waals surface area (Å²) in [6.45, 7) is 3.10. The molecule has 0 fully saturated rings. The van der Waals surface area contributed by atoms with Crippen molar-refractivity contribution >= 4 is 45.5 Å². The summed E-state index contributed by atoms with van der Waals surface area (Å²) < 4.78 is 24.9. The highest BCUT2D eigenvalue weighted by molar-refractivity contribution is 6.32. The maximum atomic E-state index is 13.4. The quantitative estimate of drug-likeness (QED) is 0.189. The van der Waals surface area contributed by atoms with Crippen LogP contribution in [0.5, 0.6) is 11.5 Å². The SMILES string of the molecule is CCOc1cc2ncc(C#N)c(Nc3ccc(OCc4cccc(F)n4)c(Cl)c3)c2cc1NC(=O)CCCN(C)C. The highest BCUT2D eigenvalue weighted by Gasteiger charge is 2.16. The molecule has 1 amide bonds. The lowest BCUT2D eigenvalue weighted by atomic mass is 10.1. The summed E-state index contributed by atoms with van der Waals surface area (Å²) in [5, 5.41) is 17.0. The number of ether oxygens (including phenoxy) is 2. The Kier molecular flexibility index (Phi) is 9.90. The first-order valence-electron chi connectivity index (χ1n) is 13.0. The number of hydrogen-bond donors (Lipinski definition) is 2. The maximum Gasteiger partial charge on any atom is 0.224 e. The number of fused-ring (bicyclic) bond motifs is 1. The third-order valence-electron chi connectivity index (χ3n) is 6.02. The number of nitriles is 1. The Morgan fingerprint density at radius 2 is 1.98 bits per heavy atom. The molecule has 2 aromatic heterocycles. The van der Waals surface area contributed by atoms with Crippen molar-refractivity contribution < 1.29 is 18.7 Å². The number of hydrogen-bond acceptors (Lipinski definition) is 8. The highest BCUT2D eigenvalue weighted by atomic mass is 35.5. The van der Waals surface area contributed by atoms with Crippen LogP contribution < -0.4 is 20.1 Å². The van der Waals surface area contributed by atoms with E-state index >= 15 is 0 Å². The second-order valence-corrected chi connectivity index (χ2v) is 9.83. The standard InChI is InChI=1S/C30H30ClFN6O3/c1-4-40-27-15-24-22(14-25(27)37-29(39)9-6-12-38(2)3)30(19(16-33)17-34-24)36-20-10-11-26(23(31)13-20)41-18-21-7-5-8-28(32)35-21/h5,7-8,10-11,13-15,17H,4,6,9,12,18H2,1-3H3,(H,34,36)(H,37,39). The van der Waals surface area contributed by atoms with Gasteiger partial charge in [-0.1, -0.05) is 17.7 Å². The second-order valence-electron chi connectivity index (χ2n) is 9.42. The van der Waals surface area contributed by atoms with Crippen LogP contribution in [0.25, 0.3) is 10.9 Å². The minimum Gasteiger partial charge on any atom is -0.492 e. The third-order valence-corrected chi connectivity index (χ3v) is 6.32. The smallest absolute Gasteiger partial charge is 0.224 e. The summed E-state index contributed by atoms with van der Waals surface area (Å²) >= 11 is 6.48. The van der Waals surface area contributed by atoms with Crippen LogP contribution in [0.2, 0.25) is 5.02 Å². The van der Waals surface area contributed by atoms with Crippen molar-refractivity contribution in [2.75, 3.05) is 37.9 Å². The first kappa shape index (κ1) is 29.5. The molecule has 2 N–H and O–H groups in total. The molecule has 2 heterocycles. The Morgan fingerprint density at radius 3 is 2.68 bits per heavy atom. The van der Waals surface area contributed by atoms with Crippen LogP contribution >= 0.6 is 11.6 Å². The molecule has 41 heavy (non-hydrogen) atoms. The van der Waals surface area contributed by atoms with E-state index in [-0.39, 0.29) is 12.5 Å². The number of aromatic nitrogens is 2. The Morgan fingerprint density at radius 1 is 1.15 bits per heavy atom. The van der Waals surface area contributed by atoms with Gasteiger partial charge in [0.2, 0.25) is 11.9 Å². The molecule has 0 saturated carbocycles. The summed E-state index contributed by atoms with van der Waals surface area (Å²) in [5.41, 5.74) is 2.89. The van der Waals surface area contributed by atoms with Gasteiger partial charge < -0.3 is 25.0 Å². The third kappa shape index (κ3) is 7.81. The van der Waals surface area contributed by atoms with E-state index in [1.165, 1.54) is 12.3 Å². The molecule has 4 rings (SSSR count). The van der Waals surface area contributed by atoms with Crippen LogP contribution in [0.4, 0.5) is 21.5 Å². The van der Waals surface area contributed by atoms with Crippen molar-refractivity contribution in [2.45, 2.75) is 26.4 Å². The highest BCUT2D eigenvalue weighted by Crippen LogP contribution is 2.37. The first-order chi connectivity index (χ1) is 19.8. The van der Waals surface area contributed by atoms with Gasteiger partial charge in [0.05, 0.1) is 39.8 Å². The van der Waals surface area contributed by atoms with Crippen molar-refractivity contribution in [3.63, 3.8) is 0 Å². The number of pyridine rings is 2. The lowest BCUT2D eigenvalue weighted by Crippen LogP contribution is -2.17. The Hall–Kier alpha value is -4.46. The number of halogens is 2. The van der Waals surface area contributed by atoms with Crippen molar-refractivity contribution in [1.82, 2.24) is 14.9 Å². The fourth-order valence-electron chi connectivity index (χ4n) is 4.10. The molecular formula is C30H30ClFN6O3. The van der Waals surface area contributed by atoms with E-state index < -0.39 is 5.95 Å². The molecule has 9 nitrogen and oxygen atoms in total. The molecule has 0 bridgehead atoms. The van der Waals surface area contributed by atoms with E-state index in [4.69, 9.17) is 21.1 Å². The lowest BCUT2D eigenvalue weighted by Gasteiger charge is -2.17. The van der Waals surface area contributed by atoms with Gasteiger partial charge in [-0.2, -0.15) is 9.65 Å². The fraction of sp³-hybridized carbons (Fsp3) is 0.267. The topological polar surface area (TPSA) is 112 Å². The van der Waals surface area contributed by atoms with E-state index in [0.717, 1.165) is 6.54 Å². The molecule has 0 spiro atoms. The molecule has 4 aromatic rings. The van der Waals surface area contributed by atoms with E-state index in [9.17, 15) is 14.4 Å². The molecule has 0 aliphatic carbocycles. The molecule has 0 saturated heterocycles. The van der Waals surface area contributed by atoms with Crippen molar-refractivity contribution in [1.29, 1.82) is 5.26 Å². The van der Waals surface area contributed by atoms with Gasteiger partial charge in [0.25, 0.3) is 0 Å². The van der Waals surface area contributed by atoms with E-state index in [0.29, 0.717) is 75.2 Å². The van der Waals surface area contributed by atoms with Gasteiger partial charge in [0.15, 0.2) is 0 Å². The number of nitrogens with zero attached hydrogens (tertiary/aromatic N) is 4. The Balaban J connectivity index is 1.61. The largest absolute Gasteiger partial charge is 0.492 e. The summed E-state index contributed by atoms with van der Waals surface area (Å²) in [4.78, 5) is 22.9. The zero-order valence-corrected chi connectivity index (χ0v) is 23.8. The van der Waals surface area contributed by atoms with E-state index in [1.54, 1.807) is 42.5 Å². The van der Waals surface area contributed by atoms with Gasteiger partial charge >= 0.3 is 0 Å². The fourth-order valence-corrected chi connectivity index (χ4v) is 4.34. The van der Waals surface area contributed by atoms with E-state index in [2.05, 4.69) is 26.7 Å². The van der Waals surface area contributed by atoms with Crippen molar-refractivity contribution in [3.8, 4) is 17.6 Å². The van der Waals surface area contributed by atoms with E-state index in [1.807, 2.05) is 25.9 Å². The normalized spacial score (nSPS) is 10.9. The average Bonchev–Trinajstić information content (AvgIpc) is 2.93. The van der Waals surface area contributed by atoms with Gasteiger partial charge in [-0.15, -0.1) is 0 Å². The number of carbonyl (C=O) groups is 1. The molecule has 0 unspecified atom stereocenters. The molecule has 0 radical (unpaired) electrons. The number of anilines is 3. The van der Waals surface area contributed by atoms with Crippen molar-refractivity contribution in [3.05, 3.63) is 77.0 Å². The summed E-state index contributed by atoms with van der Waals surface area (Å²) in [5.74, 6) is 0.155. The minimum absolute atomic E-state index is 0.0453. The van der Waals surface area contributed by atoms with Crippen LogP contribution in [-0.4, -0.2) is 48.0 Å². The molecule has 11 heteroatoms. The Labute approximate surface area is 242 Å². The first-order valence-corrected chi connectivity index (χ1v) is 13.4. The zero-order chi connectivity index (χ0) is 29.4. The van der Waals surface area contributed by atoms with Crippen molar-refractivity contribution in [2.24, 2.45) is 0 Å². The van der Waals surface area contributed by atoms with Crippen LogP contribution in [-0.2, 0) is 11.4 Å². The average molecular weight is 577 g/mol. The molecule has 212 valence electrons. The van der Waals surface area contributed by atoms with Crippen LogP contribution in [0.15, 0.2) is 54.7 Å².